The standard InChI is InChI=1S/C24H24N6O2/c1-4-32-22-10-6-16-12-19(15-5-8-20(25)17(11-15)13-26-2)24(31)30(23(16)29-22)18-7-9-21(27-3)28-14-18/h5-14,25-26H,4H2,1-3H3,(H,27,28)/b17-13-,25-20?. The zero-order chi connectivity index (χ0) is 22.7. The Labute approximate surface area is 185 Å². The van der Waals surface area contributed by atoms with Crippen LogP contribution in [-0.4, -0.2) is 40.9 Å². The summed E-state index contributed by atoms with van der Waals surface area (Å²) in [6, 6.07) is 9.14. The molecule has 3 N–H and O–H groups in total. The van der Waals surface area contributed by atoms with Crippen LogP contribution in [0.25, 0.3) is 22.3 Å². The summed E-state index contributed by atoms with van der Waals surface area (Å²) in [6.45, 7) is 2.36. The molecule has 8 nitrogen and oxygen atoms in total. The summed E-state index contributed by atoms with van der Waals surface area (Å²) in [5.41, 5.74) is 3.15. The number of rotatable bonds is 6. The van der Waals surface area contributed by atoms with Crippen molar-refractivity contribution in [1.29, 1.82) is 5.41 Å². The molecule has 1 aliphatic carbocycles. The summed E-state index contributed by atoms with van der Waals surface area (Å²) in [5.74, 6) is 1.15. The van der Waals surface area contributed by atoms with Crippen molar-refractivity contribution in [2.24, 2.45) is 0 Å². The van der Waals surface area contributed by atoms with Crippen molar-refractivity contribution in [2.75, 3.05) is 26.0 Å². The Kier molecular flexibility index (Phi) is 5.85. The number of aromatic nitrogens is 3. The first-order valence-electron chi connectivity index (χ1n) is 10.3. The molecule has 0 bridgehead atoms. The molecule has 0 radical (unpaired) electrons. The lowest BCUT2D eigenvalue weighted by Crippen LogP contribution is -2.23. The van der Waals surface area contributed by atoms with Gasteiger partial charge in [-0.1, -0.05) is 6.08 Å². The molecule has 0 atom stereocenters. The average molecular weight is 428 g/mol. The summed E-state index contributed by atoms with van der Waals surface area (Å²) in [6.07, 6.45) is 8.68. The molecule has 0 spiro atoms. The lowest BCUT2D eigenvalue weighted by atomic mass is 9.95. The van der Waals surface area contributed by atoms with Gasteiger partial charge in [0.25, 0.3) is 5.56 Å². The zero-order valence-corrected chi connectivity index (χ0v) is 18.1. The Balaban J connectivity index is 1.99. The van der Waals surface area contributed by atoms with Crippen LogP contribution in [0.2, 0.25) is 0 Å². The van der Waals surface area contributed by atoms with Crippen molar-refractivity contribution in [1.82, 2.24) is 19.9 Å². The molecule has 3 aromatic heterocycles. The fourth-order valence-corrected chi connectivity index (χ4v) is 3.51. The van der Waals surface area contributed by atoms with Crippen LogP contribution >= 0.6 is 0 Å². The molecule has 32 heavy (non-hydrogen) atoms. The maximum Gasteiger partial charge on any atom is 0.264 e. The molecule has 8 heteroatoms. The van der Waals surface area contributed by atoms with Crippen molar-refractivity contribution in [3.63, 3.8) is 0 Å². The van der Waals surface area contributed by atoms with Gasteiger partial charge in [0.05, 0.1) is 24.2 Å². The van der Waals surface area contributed by atoms with Crippen LogP contribution < -0.4 is 20.9 Å². The predicted molar refractivity (Wildman–Crippen MR) is 128 cm³/mol. The van der Waals surface area contributed by atoms with Crippen LogP contribution in [0.1, 0.15) is 12.5 Å². The van der Waals surface area contributed by atoms with Crippen LogP contribution in [0, 0.1) is 5.41 Å². The molecule has 0 amide bonds. The van der Waals surface area contributed by atoms with Gasteiger partial charge in [-0.15, -0.1) is 0 Å². The maximum atomic E-state index is 13.7. The van der Waals surface area contributed by atoms with Crippen molar-refractivity contribution in [3.8, 4) is 11.6 Å². The molecular formula is C24H24N6O2. The number of nitrogens with zero attached hydrogens (tertiary/aromatic N) is 3. The van der Waals surface area contributed by atoms with E-state index < -0.39 is 0 Å². The van der Waals surface area contributed by atoms with Gasteiger partial charge in [0.15, 0.2) is 5.65 Å². The maximum absolute atomic E-state index is 13.7. The highest BCUT2D eigenvalue weighted by Crippen LogP contribution is 2.26. The average Bonchev–Trinajstić information content (AvgIpc) is 2.81. The topological polar surface area (TPSA) is 105 Å². The third kappa shape index (κ3) is 3.90. The van der Waals surface area contributed by atoms with Gasteiger partial charge < -0.3 is 20.8 Å². The van der Waals surface area contributed by atoms with E-state index in [-0.39, 0.29) is 5.56 Å². The molecule has 3 heterocycles. The lowest BCUT2D eigenvalue weighted by molar-refractivity contribution is 0.328. The molecule has 3 aromatic rings. The van der Waals surface area contributed by atoms with E-state index in [2.05, 4.69) is 20.6 Å². The fraction of sp³-hybridized carbons (Fsp3) is 0.167. The summed E-state index contributed by atoms with van der Waals surface area (Å²) in [5, 5.41) is 14.8. The molecule has 0 unspecified atom stereocenters. The van der Waals surface area contributed by atoms with E-state index in [0.717, 1.165) is 11.0 Å². The monoisotopic (exact) mass is 428 g/mol. The van der Waals surface area contributed by atoms with Gasteiger partial charge in [-0.2, -0.15) is 4.98 Å². The molecule has 1 aliphatic rings. The second-order valence-electron chi connectivity index (χ2n) is 7.08. The quantitative estimate of drug-likeness (QED) is 0.556. The van der Waals surface area contributed by atoms with Gasteiger partial charge in [0, 0.05) is 42.9 Å². The minimum Gasteiger partial charge on any atom is -0.478 e. The number of hydrogen-bond acceptors (Lipinski definition) is 7. The van der Waals surface area contributed by atoms with Crippen LogP contribution in [-0.2, 0) is 0 Å². The minimum absolute atomic E-state index is 0.231. The van der Waals surface area contributed by atoms with Crippen molar-refractivity contribution < 1.29 is 4.74 Å². The second-order valence-corrected chi connectivity index (χ2v) is 7.08. The Morgan fingerprint density at radius 3 is 2.72 bits per heavy atom. The molecule has 0 saturated heterocycles. The first-order valence-corrected chi connectivity index (χ1v) is 10.3. The SMILES string of the molecule is CCOc1ccc2cc(C3=C/C(=C/NC)C(=N)C=C3)c(=O)n(-c3ccc(NC)nc3)c2n1. The summed E-state index contributed by atoms with van der Waals surface area (Å²) >= 11 is 0. The molecule has 0 aromatic carbocycles. The number of ether oxygens (including phenoxy) is 1. The Morgan fingerprint density at radius 2 is 2.03 bits per heavy atom. The van der Waals surface area contributed by atoms with Crippen LogP contribution in [0.5, 0.6) is 5.88 Å². The molecule has 0 aliphatic heterocycles. The fourth-order valence-electron chi connectivity index (χ4n) is 3.51. The highest BCUT2D eigenvalue weighted by atomic mass is 16.5. The van der Waals surface area contributed by atoms with E-state index in [1.165, 1.54) is 0 Å². The molecule has 0 saturated carbocycles. The number of anilines is 1. The van der Waals surface area contributed by atoms with Gasteiger partial charge in [0.1, 0.15) is 5.82 Å². The third-order valence-corrected chi connectivity index (χ3v) is 5.04. The molecular weight excluding hydrogens is 404 g/mol. The van der Waals surface area contributed by atoms with Gasteiger partial charge in [-0.05, 0) is 48.9 Å². The Morgan fingerprint density at radius 1 is 1.19 bits per heavy atom. The minimum atomic E-state index is -0.231. The van der Waals surface area contributed by atoms with Gasteiger partial charge >= 0.3 is 0 Å². The van der Waals surface area contributed by atoms with Crippen molar-refractivity contribution in [3.05, 3.63) is 82.4 Å². The summed E-state index contributed by atoms with van der Waals surface area (Å²) in [4.78, 5) is 22.7. The number of hydrogen-bond donors (Lipinski definition) is 3. The highest BCUT2D eigenvalue weighted by molar-refractivity contribution is 6.13. The Bertz CT molecular complexity index is 1330. The number of nitrogens with one attached hydrogen (secondary N) is 3. The van der Waals surface area contributed by atoms with Crippen molar-refractivity contribution >= 4 is 28.1 Å². The van der Waals surface area contributed by atoms with Crippen molar-refractivity contribution in [2.45, 2.75) is 6.92 Å². The first-order chi connectivity index (χ1) is 15.5. The van der Waals surface area contributed by atoms with Gasteiger partial charge in [-0.3, -0.25) is 9.36 Å². The Hall–Kier alpha value is -4.20. The molecule has 162 valence electrons. The van der Waals surface area contributed by atoms with Crippen LogP contribution in [0.4, 0.5) is 5.82 Å². The van der Waals surface area contributed by atoms with Gasteiger partial charge in [-0.25, -0.2) is 4.98 Å². The summed E-state index contributed by atoms with van der Waals surface area (Å²) in [7, 11) is 3.56. The normalized spacial score (nSPS) is 14.5. The van der Waals surface area contributed by atoms with E-state index in [0.29, 0.717) is 46.5 Å². The van der Waals surface area contributed by atoms with Gasteiger partial charge in [0.2, 0.25) is 5.88 Å². The first kappa shape index (κ1) is 21.0. The third-order valence-electron chi connectivity index (χ3n) is 5.04. The molecule has 0 fully saturated rings. The molecule has 4 rings (SSSR count). The van der Waals surface area contributed by atoms with E-state index >= 15 is 0 Å². The van der Waals surface area contributed by atoms with E-state index in [4.69, 9.17) is 10.1 Å². The zero-order valence-electron chi connectivity index (χ0n) is 18.1. The predicted octanol–water partition coefficient (Wildman–Crippen LogP) is 3.30. The largest absolute Gasteiger partial charge is 0.478 e. The number of allylic oxidation sites excluding steroid dienone is 5. The highest BCUT2D eigenvalue weighted by Gasteiger charge is 2.18. The summed E-state index contributed by atoms with van der Waals surface area (Å²) < 4.78 is 7.12. The van der Waals surface area contributed by atoms with Crippen LogP contribution in [0.3, 0.4) is 0 Å². The smallest absolute Gasteiger partial charge is 0.264 e. The second kappa shape index (κ2) is 8.89. The lowest BCUT2D eigenvalue weighted by Gasteiger charge is -2.16. The van der Waals surface area contributed by atoms with Crippen LogP contribution in [0.15, 0.2) is 71.3 Å². The van der Waals surface area contributed by atoms with E-state index in [1.54, 1.807) is 49.3 Å². The van der Waals surface area contributed by atoms with E-state index in [9.17, 15) is 4.79 Å². The van der Waals surface area contributed by atoms with E-state index in [1.807, 2.05) is 37.3 Å². The number of pyridine rings is 3. The number of fused-ring (bicyclic) bond motifs is 1.